The van der Waals surface area contributed by atoms with Gasteiger partial charge in [-0.1, -0.05) is 41.0 Å². The summed E-state index contributed by atoms with van der Waals surface area (Å²) >= 11 is 13.2. The third-order valence-corrected chi connectivity index (χ3v) is 5.87. The first-order chi connectivity index (χ1) is 13.3. The molecule has 1 aliphatic heterocycles. The van der Waals surface area contributed by atoms with E-state index in [0.29, 0.717) is 15.9 Å². The van der Waals surface area contributed by atoms with Gasteiger partial charge in [0, 0.05) is 26.2 Å². The molecule has 3 rings (SSSR count). The van der Waals surface area contributed by atoms with Crippen molar-refractivity contribution in [3.63, 3.8) is 0 Å². The molecule has 1 aliphatic rings. The van der Waals surface area contributed by atoms with E-state index in [0.717, 1.165) is 11.4 Å². The molecule has 2 N–H and O–H groups in total. The molecule has 0 aliphatic carbocycles. The SMILES string of the molecule is CN(C)c1ccc(N=C2NC(=O)C(CC(=O)Nc3cccc(Cl)c3Cl)S2)cc1. The molecule has 9 heteroatoms. The molecule has 0 radical (unpaired) electrons. The zero-order valence-corrected chi connectivity index (χ0v) is 17.5. The molecule has 2 aromatic rings. The smallest absolute Gasteiger partial charge is 0.240 e. The number of hydrogen-bond acceptors (Lipinski definition) is 5. The molecule has 2 amide bonds. The number of carbonyl (C=O) groups is 2. The van der Waals surface area contributed by atoms with Gasteiger partial charge in [0.25, 0.3) is 0 Å². The summed E-state index contributed by atoms with van der Waals surface area (Å²) in [6.45, 7) is 0. The molecule has 1 heterocycles. The van der Waals surface area contributed by atoms with E-state index < -0.39 is 5.25 Å². The van der Waals surface area contributed by atoms with Gasteiger partial charge in [-0.05, 0) is 36.4 Å². The third kappa shape index (κ3) is 4.98. The Balaban J connectivity index is 1.62. The number of benzene rings is 2. The van der Waals surface area contributed by atoms with Crippen molar-refractivity contribution in [2.75, 3.05) is 24.3 Å². The molecule has 1 unspecified atom stereocenters. The number of nitrogens with one attached hydrogen (secondary N) is 2. The normalized spacial score (nSPS) is 17.5. The van der Waals surface area contributed by atoms with Crippen LogP contribution in [0.1, 0.15) is 6.42 Å². The maximum Gasteiger partial charge on any atom is 0.240 e. The summed E-state index contributed by atoms with van der Waals surface area (Å²) in [6, 6.07) is 12.6. The Hall–Kier alpha value is -2.22. The fraction of sp³-hybridized carbons (Fsp3) is 0.211. The summed E-state index contributed by atoms with van der Waals surface area (Å²) in [5.41, 5.74) is 2.20. The van der Waals surface area contributed by atoms with Gasteiger partial charge >= 0.3 is 0 Å². The number of nitrogens with zero attached hydrogens (tertiary/aromatic N) is 2. The van der Waals surface area contributed by atoms with Crippen LogP contribution < -0.4 is 15.5 Å². The fourth-order valence-corrected chi connectivity index (χ4v) is 3.84. The Bertz CT molecular complexity index is 932. The Labute approximate surface area is 177 Å². The minimum Gasteiger partial charge on any atom is -0.378 e. The van der Waals surface area contributed by atoms with Gasteiger partial charge in [-0.25, -0.2) is 4.99 Å². The first-order valence-corrected chi connectivity index (χ1v) is 10.0. The van der Waals surface area contributed by atoms with Gasteiger partial charge in [0.1, 0.15) is 5.25 Å². The van der Waals surface area contributed by atoms with Gasteiger partial charge in [0.15, 0.2) is 5.17 Å². The van der Waals surface area contributed by atoms with E-state index in [4.69, 9.17) is 23.2 Å². The summed E-state index contributed by atoms with van der Waals surface area (Å²) in [7, 11) is 3.92. The Morgan fingerprint density at radius 1 is 1.21 bits per heavy atom. The number of halogens is 2. The van der Waals surface area contributed by atoms with Crippen molar-refractivity contribution in [1.82, 2.24) is 5.32 Å². The van der Waals surface area contributed by atoms with Gasteiger partial charge in [0.2, 0.25) is 11.8 Å². The topological polar surface area (TPSA) is 73.8 Å². The van der Waals surface area contributed by atoms with Crippen LogP contribution >= 0.6 is 35.0 Å². The molecule has 0 aromatic heterocycles. The van der Waals surface area contributed by atoms with E-state index in [1.807, 2.05) is 43.3 Å². The quantitative estimate of drug-likeness (QED) is 0.732. The number of amidine groups is 1. The summed E-state index contributed by atoms with van der Waals surface area (Å²) in [6.07, 6.45) is -0.00205. The fourth-order valence-electron chi connectivity index (χ4n) is 2.50. The van der Waals surface area contributed by atoms with Crippen LogP contribution in [0.4, 0.5) is 17.1 Å². The zero-order valence-electron chi connectivity index (χ0n) is 15.2. The average molecular weight is 437 g/mol. The number of amides is 2. The second kappa shape index (κ2) is 8.86. The lowest BCUT2D eigenvalue weighted by Crippen LogP contribution is -2.28. The number of carbonyl (C=O) groups excluding carboxylic acids is 2. The van der Waals surface area contributed by atoms with Crippen LogP contribution in [0.2, 0.25) is 10.0 Å². The van der Waals surface area contributed by atoms with E-state index in [9.17, 15) is 9.59 Å². The maximum atomic E-state index is 12.3. The van der Waals surface area contributed by atoms with Crippen molar-refractivity contribution in [3.8, 4) is 0 Å². The molecule has 146 valence electrons. The molecule has 1 saturated heterocycles. The lowest BCUT2D eigenvalue weighted by Gasteiger charge is -2.11. The number of rotatable bonds is 5. The largest absolute Gasteiger partial charge is 0.378 e. The van der Waals surface area contributed by atoms with Crippen LogP contribution in [-0.2, 0) is 9.59 Å². The van der Waals surface area contributed by atoms with Crippen molar-refractivity contribution in [1.29, 1.82) is 0 Å². The summed E-state index contributed by atoms with van der Waals surface area (Å²) in [5.74, 6) is -0.575. The molecule has 0 saturated carbocycles. The van der Waals surface area contributed by atoms with Crippen molar-refractivity contribution >= 4 is 69.0 Å². The van der Waals surface area contributed by atoms with Gasteiger partial charge < -0.3 is 15.5 Å². The van der Waals surface area contributed by atoms with Crippen LogP contribution in [-0.4, -0.2) is 36.3 Å². The predicted molar refractivity (Wildman–Crippen MR) is 117 cm³/mol. The first-order valence-electron chi connectivity index (χ1n) is 8.41. The van der Waals surface area contributed by atoms with Crippen LogP contribution in [0.5, 0.6) is 0 Å². The lowest BCUT2D eigenvalue weighted by molar-refractivity contribution is -0.122. The zero-order chi connectivity index (χ0) is 20.3. The Morgan fingerprint density at radius 3 is 2.61 bits per heavy atom. The lowest BCUT2D eigenvalue weighted by atomic mass is 10.2. The highest BCUT2D eigenvalue weighted by molar-refractivity contribution is 8.15. The number of anilines is 2. The van der Waals surface area contributed by atoms with Crippen LogP contribution in [0.3, 0.4) is 0 Å². The standard InChI is InChI=1S/C19H18Cl2N4O2S/c1-25(2)12-8-6-11(7-9-12)22-19-24-18(27)15(28-19)10-16(26)23-14-5-3-4-13(20)17(14)21/h3-9,15H,10H2,1-2H3,(H,23,26)(H,22,24,27). The summed E-state index contributed by atoms with van der Waals surface area (Å²) in [4.78, 5) is 30.9. The van der Waals surface area contributed by atoms with Crippen LogP contribution in [0.15, 0.2) is 47.5 Å². The van der Waals surface area contributed by atoms with E-state index in [1.54, 1.807) is 18.2 Å². The molecular weight excluding hydrogens is 419 g/mol. The minimum atomic E-state index is -0.558. The van der Waals surface area contributed by atoms with Crippen molar-refractivity contribution < 1.29 is 9.59 Å². The second-order valence-corrected chi connectivity index (χ2v) is 8.25. The molecule has 0 spiro atoms. The molecule has 1 fully saturated rings. The van der Waals surface area contributed by atoms with Crippen molar-refractivity contribution in [2.45, 2.75) is 11.7 Å². The highest BCUT2D eigenvalue weighted by Gasteiger charge is 2.32. The highest BCUT2D eigenvalue weighted by Crippen LogP contribution is 2.31. The third-order valence-electron chi connectivity index (χ3n) is 3.97. The molecule has 1 atom stereocenters. The van der Waals surface area contributed by atoms with Gasteiger partial charge in [-0.2, -0.15) is 0 Å². The average Bonchev–Trinajstić information content (AvgIpc) is 2.98. The molecule has 28 heavy (non-hydrogen) atoms. The van der Waals surface area contributed by atoms with Crippen molar-refractivity contribution in [3.05, 3.63) is 52.5 Å². The van der Waals surface area contributed by atoms with E-state index in [-0.39, 0.29) is 23.3 Å². The Morgan fingerprint density at radius 2 is 1.93 bits per heavy atom. The van der Waals surface area contributed by atoms with E-state index in [2.05, 4.69) is 15.6 Å². The Kier molecular flexibility index (Phi) is 6.49. The summed E-state index contributed by atoms with van der Waals surface area (Å²) < 4.78 is 0. The monoisotopic (exact) mass is 436 g/mol. The van der Waals surface area contributed by atoms with Gasteiger partial charge in [-0.15, -0.1) is 0 Å². The molecule has 2 aromatic carbocycles. The van der Waals surface area contributed by atoms with E-state index >= 15 is 0 Å². The highest BCUT2D eigenvalue weighted by atomic mass is 35.5. The van der Waals surface area contributed by atoms with Crippen LogP contribution in [0, 0.1) is 0 Å². The second-order valence-electron chi connectivity index (χ2n) is 6.28. The number of thioether (sulfide) groups is 1. The number of hydrogen-bond donors (Lipinski definition) is 2. The number of aliphatic imine (C=N–C) groups is 1. The van der Waals surface area contributed by atoms with E-state index in [1.165, 1.54) is 11.8 Å². The van der Waals surface area contributed by atoms with Gasteiger partial charge in [0.05, 0.1) is 21.4 Å². The molecular formula is C19H18Cl2N4O2S. The summed E-state index contributed by atoms with van der Waals surface area (Å²) in [5, 5.41) is 5.94. The maximum absolute atomic E-state index is 12.3. The first kappa shape index (κ1) is 20.5. The van der Waals surface area contributed by atoms with Gasteiger partial charge in [-0.3, -0.25) is 9.59 Å². The molecule has 6 nitrogen and oxygen atoms in total. The minimum absolute atomic E-state index is 0.00205. The predicted octanol–water partition coefficient (Wildman–Crippen LogP) is 4.31. The molecule has 0 bridgehead atoms. The van der Waals surface area contributed by atoms with Crippen molar-refractivity contribution in [2.24, 2.45) is 4.99 Å². The van der Waals surface area contributed by atoms with Crippen LogP contribution in [0.25, 0.3) is 0 Å².